The van der Waals surface area contributed by atoms with Crippen LogP contribution in [0.2, 0.25) is 0 Å². The molecule has 5 rings (SSSR count). The fourth-order valence-corrected chi connectivity index (χ4v) is 10.7. The molecular weight excluding hydrogens is 440 g/mol. The van der Waals surface area contributed by atoms with Crippen LogP contribution in [-0.2, 0) is 0 Å². The summed E-state index contributed by atoms with van der Waals surface area (Å²) < 4.78 is 0. The van der Waals surface area contributed by atoms with Crippen molar-refractivity contribution in [3.05, 3.63) is 11.6 Å². The molecule has 5 aliphatic rings. The largest absolute Gasteiger partial charge is 0.396 e. The first-order chi connectivity index (χ1) is 16.0. The molecule has 0 saturated heterocycles. The Morgan fingerprint density at radius 2 is 1.49 bits per heavy atom. The van der Waals surface area contributed by atoms with Crippen LogP contribution in [0.5, 0.6) is 0 Å². The van der Waals surface area contributed by atoms with Gasteiger partial charge in [0.15, 0.2) is 0 Å². The molecule has 5 nitrogen and oxygen atoms in total. The molecule has 0 aromatic heterocycles. The summed E-state index contributed by atoms with van der Waals surface area (Å²) in [7, 11) is 0. The Bertz CT molecular complexity index is 914. The van der Waals surface area contributed by atoms with Gasteiger partial charge in [-0.3, -0.25) is 0 Å². The third kappa shape index (κ3) is 2.94. The first-order valence-electron chi connectivity index (χ1n) is 14.1. The van der Waals surface area contributed by atoms with Gasteiger partial charge in [-0.15, -0.1) is 0 Å². The summed E-state index contributed by atoms with van der Waals surface area (Å²) in [5.74, 6) is 0.240. The fraction of sp³-hybridized carbons (Fsp3) is 0.933. The lowest BCUT2D eigenvalue weighted by atomic mass is 9.32. The second-order valence-corrected chi connectivity index (χ2v) is 15.2. The molecule has 0 spiro atoms. The summed E-state index contributed by atoms with van der Waals surface area (Å²) in [6.45, 7) is 15.2. The van der Waals surface area contributed by atoms with Crippen LogP contribution in [-0.4, -0.2) is 56.6 Å². The molecule has 5 heteroatoms. The predicted molar refractivity (Wildman–Crippen MR) is 136 cm³/mol. The van der Waals surface area contributed by atoms with E-state index in [-0.39, 0.29) is 46.7 Å². The third-order valence-electron chi connectivity index (χ3n) is 13.5. The average molecular weight is 491 g/mol. The minimum atomic E-state index is -0.683. The van der Waals surface area contributed by atoms with E-state index < -0.39 is 34.6 Å². The summed E-state index contributed by atoms with van der Waals surface area (Å²) in [4.78, 5) is 0. The highest BCUT2D eigenvalue weighted by molar-refractivity contribution is 5.37. The molecule has 0 aromatic carbocycles. The van der Waals surface area contributed by atoms with Crippen molar-refractivity contribution in [3.63, 3.8) is 0 Å². The molecule has 4 fully saturated rings. The maximum atomic E-state index is 12.0. The zero-order chi connectivity index (χ0) is 26.0. The van der Waals surface area contributed by atoms with Crippen LogP contribution in [0.4, 0.5) is 0 Å². The van der Waals surface area contributed by atoms with Crippen LogP contribution in [0.1, 0.15) is 93.4 Å². The molecule has 0 heterocycles. The van der Waals surface area contributed by atoms with E-state index in [0.29, 0.717) is 12.8 Å². The van der Waals surface area contributed by atoms with Crippen LogP contribution in [0.25, 0.3) is 0 Å². The molecule has 4 saturated carbocycles. The lowest BCUT2D eigenvalue weighted by Crippen LogP contribution is -2.72. The molecule has 0 aliphatic heterocycles. The number of hydrogen-bond donors (Lipinski definition) is 5. The van der Waals surface area contributed by atoms with Gasteiger partial charge in [0.05, 0.1) is 31.0 Å². The van der Waals surface area contributed by atoms with Crippen molar-refractivity contribution >= 4 is 0 Å². The smallest absolute Gasteiger partial charge is 0.0686 e. The van der Waals surface area contributed by atoms with E-state index in [1.54, 1.807) is 0 Å². The summed E-state index contributed by atoms with van der Waals surface area (Å²) >= 11 is 0. The SMILES string of the molecule is CC1(C)[C@@H](O)CC[C@]2(C)[C@H]3CC=C4[C@@H]5[C@H](O)[C@@](C)(CO)CC[C@]5(C)C[C@H](O)[C@@]4(C)[C@]3(C)[C@@H](O)C[C@@H]12. The number of aliphatic hydroxyl groups is 5. The Morgan fingerprint density at radius 3 is 2.11 bits per heavy atom. The molecule has 5 aliphatic carbocycles. The van der Waals surface area contributed by atoms with E-state index in [4.69, 9.17) is 0 Å². The number of allylic oxidation sites excluding steroid dienone is 1. The molecule has 35 heavy (non-hydrogen) atoms. The monoisotopic (exact) mass is 490 g/mol. The quantitative estimate of drug-likeness (QED) is 0.357. The summed E-state index contributed by atoms with van der Waals surface area (Å²) in [5, 5.41) is 56.8. The van der Waals surface area contributed by atoms with Crippen LogP contribution < -0.4 is 0 Å². The highest BCUT2D eigenvalue weighted by Crippen LogP contribution is 2.75. The molecule has 5 N–H and O–H groups in total. The third-order valence-corrected chi connectivity index (χ3v) is 13.5. The van der Waals surface area contributed by atoms with Crippen molar-refractivity contribution in [2.24, 2.45) is 50.2 Å². The zero-order valence-electron chi connectivity index (χ0n) is 23.0. The van der Waals surface area contributed by atoms with Crippen molar-refractivity contribution in [3.8, 4) is 0 Å². The van der Waals surface area contributed by atoms with E-state index in [9.17, 15) is 25.5 Å². The number of aliphatic hydroxyl groups excluding tert-OH is 5. The topological polar surface area (TPSA) is 101 Å². The second kappa shape index (κ2) is 7.56. The van der Waals surface area contributed by atoms with Gasteiger partial charge in [0.1, 0.15) is 0 Å². The Morgan fingerprint density at radius 1 is 0.829 bits per heavy atom. The van der Waals surface area contributed by atoms with Crippen LogP contribution in [0.15, 0.2) is 11.6 Å². The molecule has 0 unspecified atom stereocenters. The lowest BCUT2D eigenvalue weighted by molar-refractivity contribution is -0.266. The highest BCUT2D eigenvalue weighted by atomic mass is 16.3. The van der Waals surface area contributed by atoms with Crippen molar-refractivity contribution in [1.29, 1.82) is 0 Å². The van der Waals surface area contributed by atoms with Gasteiger partial charge >= 0.3 is 0 Å². The van der Waals surface area contributed by atoms with Crippen molar-refractivity contribution in [1.82, 2.24) is 0 Å². The standard InChI is InChI=1S/C30H50O5/c1-25(2)19-14-21(33)30(7)18(28(19,5)11-10-20(25)32)9-8-17-23-24(35)27(4,16-31)13-12-26(23,3)15-22(34)29(17,30)6/h8,18-24,31-35H,9-16H2,1-7H3/t18-,19+,20+,21+,22+,23-,24+,26-,27-,28-,29+,30+/m1/s1. The molecule has 0 radical (unpaired) electrons. The number of hydrogen-bond acceptors (Lipinski definition) is 5. The van der Waals surface area contributed by atoms with Crippen molar-refractivity contribution in [2.75, 3.05) is 6.61 Å². The maximum Gasteiger partial charge on any atom is 0.0686 e. The molecule has 12 atom stereocenters. The van der Waals surface area contributed by atoms with Crippen LogP contribution in [0, 0.1) is 50.2 Å². The van der Waals surface area contributed by atoms with Crippen molar-refractivity contribution in [2.45, 2.75) is 118 Å². The Balaban J connectivity index is 1.66. The normalized spacial score (nSPS) is 59.4. The van der Waals surface area contributed by atoms with Crippen LogP contribution in [0.3, 0.4) is 0 Å². The van der Waals surface area contributed by atoms with Gasteiger partial charge in [0.25, 0.3) is 0 Å². The minimum Gasteiger partial charge on any atom is -0.396 e. The van der Waals surface area contributed by atoms with Gasteiger partial charge in [-0.1, -0.05) is 60.1 Å². The number of rotatable bonds is 1. The fourth-order valence-electron chi connectivity index (χ4n) is 10.7. The van der Waals surface area contributed by atoms with Crippen LogP contribution >= 0.6 is 0 Å². The minimum absolute atomic E-state index is 0.0486. The van der Waals surface area contributed by atoms with E-state index in [1.807, 2.05) is 6.92 Å². The first-order valence-corrected chi connectivity index (χ1v) is 14.1. The van der Waals surface area contributed by atoms with Gasteiger partial charge in [-0.25, -0.2) is 0 Å². The van der Waals surface area contributed by atoms with Gasteiger partial charge in [0.2, 0.25) is 0 Å². The number of fused-ring (bicyclic) bond motifs is 7. The summed E-state index contributed by atoms with van der Waals surface area (Å²) in [6.07, 6.45) is 5.42. The molecule has 0 bridgehead atoms. The molecule has 0 aromatic rings. The van der Waals surface area contributed by atoms with Gasteiger partial charge in [-0.2, -0.15) is 0 Å². The first kappa shape index (κ1) is 26.2. The maximum absolute atomic E-state index is 12.0. The molecule has 0 amide bonds. The molecule has 200 valence electrons. The Kier molecular flexibility index (Phi) is 5.65. The Hall–Kier alpha value is -0.460. The molecular formula is C30H50O5. The van der Waals surface area contributed by atoms with E-state index in [1.165, 1.54) is 0 Å². The van der Waals surface area contributed by atoms with Gasteiger partial charge in [-0.05, 0) is 73.0 Å². The van der Waals surface area contributed by atoms with Gasteiger partial charge < -0.3 is 25.5 Å². The lowest BCUT2D eigenvalue weighted by Gasteiger charge is -2.73. The second-order valence-electron chi connectivity index (χ2n) is 15.2. The summed E-state index contributed by atoms with van der Waals surface area (Å²) in [5.41, 5.74) is -1.21. The van der Waals surface area contributed by atoms with Gasteiger partial charge in [0, 0.05) is 22.2 Å². The van der Waals surface area contributed by atoms with E-state index >= 15 is 0 Å². The van der Waals surface area contributed by atoms with Crippen molar-refractivity contribution < 1.29 is 25.5 Å². The average Bonchev–Trinajstić information content (AvgIpc) is 2.78. The summed E-state index contributed by atoms with van der Waals surface area (Å²) in [6, 6.07) is 0. The van der Waals surface area contributed by atoms with E-state index in [0.717, 1.165) is 37.7 Å². The zero-order valence-corrected chi connectivity index (χ0v) is 23.0. The Labute approximate surface area is 212 Å². The predicted octanol–water partition coefficient (Wildman–Crippen LogP) is 4.05. The van der Waals surface area contributed by atoms with E-state index in [2.05, 4.69) is 47.6 Å². The highest BCUT2D eigenvalue weighted by Gasteiger charge is 2.73.